The number of urea groups is 1. The maximum Gasteiger partial charge on any atom is 0.343 e. The van der Waals surface area contributed by atoms with Gasteiger partial charge in [-0.1, -0.05) is 56.2 Å². The number of hydrogen-bond donors (Lipinski definition) is 3. The number of amides is 2. The predicted octanol–water partition coefficient (Wildman–Crippen LogP) is 6.06. The number of anilines is 1. The van der Waals surface area contributed by atoms with E-state index in [0.717, 1.165) is 52.9 Å². The van der Waals surface area contributed by atoms with E-state index in [1.807, 2.05) is 19.2 Å². The Morgan fingerprint density at radius 1 is 0.938 bits per heavy atom. The Labute approximate surface area is 280 Å². The van der Waals surface area contributed by atoms with Crippen LogP contribution in [-0.2, 0) is 17.9 Å². The topological polar surface area (TPSA) is 110 Å². The van der Waals surface area contributed by atoms with Crippen LogP contribution in [0.1, 0.15) is 37.3 Å². The van der Waals surface area contributed by atoms with E-state index in [0.29, 0.717) is 40.4 Å². The molecule has 0 bridgehead atoms. The molecule has 2 aromatic heterocycles. The molecule has 2 amide bonds. The van der Waals surface area contributed by atoms with Gasteiger partial charge in [0.1, 0.15) is 16.5 Å². The Bertz CT molecular complexity index is 1970. The van der Waals surface area contributed by atoms with E-state index in [-0.39, 0.29) is 5.56 Å². The fourth-order valence-corrected chi connectivity index (χ4v) is 6.94. The second kappa shape index (κ2) is 15.9. The van der Waals surface area contributed by atoms with Gasteiger partial charge in [0.15, 0.2) is 0 Å². The molecular weight excluding hydrogens is 638 g/mol. The van der Waals surface area contributed by atoms with E-state index in [2.05, 4.69) is 32.8 Å². The number of benzene rings is 3. The Balaban J connectivity index is 1.78. The molecule has 0 aliphatic carbocycles. The van der Waals surface area contributed by atoms with E-state index in [9.17, 15) is 14.4 Å². The molecule has 2 heterocycles. The molecule has 3 N–H and O–H groups in total. The molecule has 5 aromatic rings. The van der Waals surface area contributed by atoms with Gasteiger partial charge >= 0.3 is 11.7 Å². The highest BCUT2D eigenvalue weighted by molar-refractivity contribution is 7.22. The second-order valence-electron chi connectivity index (χ2n) is 11.2. The van der Waals surface area contributed by atoms with Crippen molar-refractivity contribution < 1.29 is 18.4 Å². The highest BCUT2D eigenvalue weighted by atomic mass is 32.1. The average Bonchev–Trinajstić information content (AvgIpc) is 3.44. The lowest BCUT2D eigenvalue weighted by Gasteiger charge is -2.22. The summed E-state index contributed by atoms with van der Waals surface area (Å²) in [7, 11) is 3.19. The zero-order chi connectivity index (χ0) is 34.2. The fourth-order valence-electron chi connectivity index (χ4n) is 5.64. The minimum absolute atomic E-state index is 0.281. The van der Waals surface area contributed by atoms with E-state index >= 15 is 8.78 Å². The summed E-state index contributed by atoms with van der Waals surface area (Å²) in [6.07, 6.45) is 3.03. The van der Waals surface area contributed by atoms with Gasteiger partial charge < -0.3 is 10.6 Å². The molecule has 0 aliphatic heterocycles. The van der Waals surface area contributed by atoms with Crippen LogP contribution in [0.25, 0.3) is 26.3 Å². The first-order valence-corrected chi connectivity index (χ1v) is 16.5. The standard InChI is InChI=1S/C35H38F2N6O4S/c1-4-5-9-19-41(22-38-2)20-27-30-32(44)43(25-11-7-6-8-12-25)35(46)42(21-26-28(36)13-10-14-29(26)37)33(30)48-31(27)23-15-17-24(18-16-23)39-34(45)40-47-3/h6-8,10-18,38H,4-5,9,19-22H2,1-3H3,(H2,39,40,45). The second-order valence-corrected chi connectivity index (χ2v) is 12.2. The fraction of sp³-hybridized carbons (Fsp3) is 0.286. The summed E-state index contributed by atoms with van der Waals surface area (Å²) in [5.41, 5.74) is 2.98. The normalized spacial score (nSPS) is 11.4. The summed E-state index contributed by atoms with van der Waals surface area (Å²) in [5.74, 6) is -1.58. The number of unbranched alkanes of at least 4 members (excludes halogenated alkanes) is 2. The van der Waals surface area contributed by atoms with Crippen LogP contribution in [0.15, 0.2) is 82.4 Å². The zero-order valence-corrected chi connectivity index (χ0v) is 27.8. The zero-order valence-electron chi connectivity index (χ0n) is 27.0. The van der Waals surface area contributed by atoms with E-state index in [1.54, 1.807) is 42.5 Å². The number of nitrogens with zero attached hydrogens (tertiary/aromatic N) is 3. The molecule has 0 atom stereocenters. The van der Waals surface area contributed by atoms with E-state index in [1.165, 1.54) is 29.1 Å². The number of carbonyl (C=O) groups excluding carboxylic acids is 1. The van der Waals surface area contributed by atoms with Gasteiger partial charge in [-0.2, -0.15) is 0 Å². The van der Waals surface area contributed by atoms with Crippen LogP contribution in [0.4, 0.5) is 19.3 Å². The van der Waals surface area contributed by atoms with E-state index < -0.39 is 35.5 Å². The molecule has 5 rings (SSSR count). The van der Waals surface area contributed by atoms with Crippen LogP contribution in [-0.4, -0.2) is 47.4 Å². The van der Waals surface area contributed by atoms with Crippen molar-refractivity contribution in [3.05, 3.63) is 116 Å². The van der Waals surface area contributed by atoms with Gasteiger partial charge in [-0.15, -0.1) is 11.3 Å². The van der Waals surface area contributed by atoms with Crippen LogP contribution < -0.4 is 27.4 Å². The summed E-state index contributed by atoms with van der Waals surface area (Å²) in [6.45, 7) is 3.38. The first-order chi connectivity index (χ1) is 23.3. The first-order valence-electron chi connectivity index (χ1n) is 15.6. The monoisotopic (exact) mass is 676 g/mol. The van der Waals surface area contributed by atoms with Gasteiger partial charge in [0.05, 0.1) is 24.7 Å². The number of thiophene rings is 1. The Morgan fingerprint density at radius 3 is 2.29 bits per heavy atom. The number of para-hydroxylation sites is 1. The number of carbonyl (C=O) groups is 1. The Kier molecular flexibility index (Phi) is 11.5. The Hall–Kier alpha value is -4.69. The van der Waals surface area contributed by atoms with Gasteiger partial charge in [-0.25, -0.2) is 28.4 Å². The predicted molar refractivity (Wildman–Crippen MR) is 186 cm³/mol. The van der Waals surface area contributed by atoms with Crippen LogP contribution in [0.5, 0.6) is 0 Å². The van der Waals surface area contributed by atoms with Crippen LogP contribution in [0.2, 0.25) is 0 Å². The van der Waals surface area contributed by atoms with Gasteiger partial charge in [0.2, 0.25) is 0 Å². The highest BCUT2D eigenvalue weighted by Crippen LogP contribution is 2.38. The lowest BCUT2D eigenvalue weighted by molar-refractivity contribution is 0.114. The lowest BCUT2D eigenvalue weighted by atomic mass is 10.1. The van der Waals surface area contributed by atoms with Crippen LogP contribution in [0, 0.1) is 11.6 Å². The van der Waals surface area contributed by atoms with Gasteiger partial charge in [-0.05, 0) is 67.5 Å². The maximum atomic E-state index is 15.0. The van der Waals surface area contributed by atoms with Crippen molar-refractivity contribution in [2.45, 2.75) is 39.3 Å². The molecule has 0 saturated heterocycles. The number of nitrogens with one attached hydrogen (secondary N) is 3. The first kappa shape index (κ1) is 34.6. The molecular formula is C35H38F2N6O4S. The smallest absolute Gasteiger partial charge is 0.307 e. The largest absolute Gasteiger partial charge is 0.343 e. The highest BCUT2D eigenvalue weighted by Gasteiger charge is 2.26. The number of halogens is 2. The number of fused-ring (bicyclic) bond motifs is 1. The number of rotatable bonds is 14. The Morgan fingerprint density at radius 2 is 1.65 bits per heavy atom. The third-order valence-corrected chi connectivity index (χ3v) is 9.21. The summed E-state index contributed by atoms with van der Waals surface area (Å²) in [4.78, 5) is 48.6. The van der Waals surface area contributed by atoms with Gasteiger partial charge in [0, 0.05) is 29.3 Å². The third kappa shape index (κ3) is 7.55. The van der Waals surface area contributed by atoms with Crippen LogP contribution in [0.3, 0.4) is 0 Å². The SMILES string of the molecule is CCCCCN(CNC)Cc1c(-c2ccc(NC(=O)NOC)cc2)sc2c1c(=O)n(-c1ccccc1)c(=O)n2Cc1c(F)cccc1F. The molecule has 0 unspecified atom stereocenters. The lowest BCUT2D eigenvalue weighted by Crippen LogP contribution is -2.39. The van der Waals surface area contributed by atoms with Crippen molar-refractivity contribution in [3.8, 4) is 16.1 Å². The molecule has 48 heavy (non-hydrogen) atoms. The molecule has 13 heteroatoms. The number of hydrogen-bond acceptors (Lipinski definition) is 7. The van der Waals surface area contributed by atoms with Crippen molar-refractivity contribution in [3.63, 3.8) is 0 Å². The molecule has 0 fully saturated rings. The third-order valence-electron chi connectivity index (χ3n) is 7.91. The summed E-state index contributed by atoms with van der Waals surface area (Å²) < 4.78 is 32.4. The quantitative estimate of drug-likeness (QED) is 0.0750. The van der Waals surface area contributed by atoms with Crippen molar-refractivity contribution in [2.24, 2.45) is 0 Å². The van der Waals surface area contributed by atoms with Crippen molar-refractivity contribution in [1.29, 1.82) is 0 Å². The molecule has 0 spiro atoms. The van der Waals surface area contributed by atoms with E-state index in [4.69, 9.17) is 0 Å². The van der Waals surface area contributed by atoms with Crippen molar-refractivity contribution in [2.75, 3.05) is 32.7 Å². The molecule has 0 aliphatic rings. The molecule has 10 nitrogen and oxygen atoms in total. The summed E-state index contributed by atoms with van der Waals surface area (Å²) in [6, 6.07) is 18.6. The number of hydroxylamine groups is 1. The van der Waals surface area contributed by atoms with Gasteiger partial charge in [0.25, 0.3) is 5.56 Å². The van der Waals surface area contributed by atoms with Gasteiger partial charge in [-0.3, -0.25) is 19.1 Å². The molecule has 252 valence electrons. The molecule has 3 aromatic carbocycles. The summed E-state index contributed by atoms with van der Waals surface area (Å²) in [5, 5.41) is 6.19. The number of aromatic nitrogens is 2. The average molecular weight is 677 g/mol. The van der Waals surface area contributed by atoms with Crippen molar-refractivity contribution >= 4 is 33.3 Å². The summed E-state index contributed by atoms with van der Waals surface area (Å²) >= 11 is 1.22. The minimum atomic E-state index is -0.791. The molecule has 0 saturated carbocycles. The minimum Gasteiger partial charge on any atom is -0.307 e. The molecule has 0 radical (unpaired) electrons. The van der Waals surface area contributed by atoms with Crippen LogP contribution >= 0.6 is 11.3 Å². The maximum absolute atomic E-state index is 15.0. The van der Waals surface area contributed by atoms with Crippen molar-refractivity contribution in [1.82, 2.24) is 24.8 Å².